The molecule has 4 nitrogen and oxygen atoms in total. The average Bonchev–Trinajstić information content (AvgIpc) is 2.98. The zero-order valence-electron chi connectivity index (χ0n) is 13.5. The molecule has 0 radical (unpaired) electrons. The highest BCUT2D eigenvalue weighted by Gasteiger charge is 2.19. The summed E-state index contributed by atoms with van der Waals surface area (Å²) in [6, 6.07) is 8.10. The van der Waals surface area contributed by atoms with E-state index in [1.54, 1.807) is 0 Å². The third kappa shape index (κ3) is 3.87. The molecule has 3 rings (SSSR count). The van der Waals surface area contributed by atoms with Gasteiger partial charge in [-0.3, -0.25) is 0 Å². The van der Waals surface area contributed by atoms with Gasteiger partial charge in [0.2, 0.25) is 0 Å². The maximum atomic E-state index is 5.93. The summed E-state index contributed by atoms with van der Waals surface area (Å²) in [6.45, 7) is 6.45. The van der Waals surface area contributed by atoms with Gasteiger partial charge < -0.3 is 14.2 Å². The zero-order valence-corrected chi connectivity index (χ0v) is 13.5. The van der Waals surface area contributed by atoms with Crippen LogP contribution >= 0.6 is 0 Å². The highest BCUT2D eigenvalue weighted by Crippen LogP contribution is 2.19. The summed E-state index contributed by atoms with van der Waals surface area (Å²) in [7, 11) is 0. The lowest BCUT2D eigenvalue weighted by molar-refractivity contribution is 0.00658. The molecule has 0 saturated carbocycles. The van der Waals surface area contributed by atoms with Gasteiger partial charge in [-0.1, -0.05) is 30.6 Å². The quantitative estimate of drug-likeness (QED) is 0.732. The van der Waals surface area contributed by atoms with Crippen molar-refractivity contribution in [1.29, 1.82) is 0 Å². The second-order valence-electron chi connectivity index (χ2n) is 6.14. The van der Waals surface area contributed by atoms with E-state index in [1.165, 1.54) is 12.8 Å². The van der Waals surface area contributed by atoms with Crippen LogP contribution in [0.3, 0.4) is 0 Å². The summed E-state index contributed by atoms with van der Waals surface area (Å²) in [6.07, 6.45) is 6.13. The van der Waals surface area contributed by atoms with Crippen molar-refractivity contribution in [2.45, 2.75) is 45.1 Å². The molecule has 0 spiro atoms. The molecule has 1 fully saturated rings. The van der Waals surface area contributed by atoms with Crippen LogP contribution < -0.4 is 0 Å². The van der Waals surface area contributed by atoms with Crippen molar-refractivity contribution < 1.29 is 9.26 Å². The molecule has 1 aromatic carbocycles. The van der Waals surface area contributed by atoms with E-state index in [0.717, 1.165) is 62.2 Å². The second-order valence-corrected chi connectivity index (χ2v) is 6.14. The van der Waals surface area contributed by atoms with Gasteiger partial charge in [0.05, 0.1) is 11.8 Å². The minimum absolute atomic E-state index is 0.468. The van der Waals surface area contributed by atoms with Crippen molar-refractivity contribution in [2.24, 2.45) is 0 Å². The summed E-state index contributed by atoms with van der Waals surface area (Å²) < 4.78 is 11.3. The number of unbranched alkanes of at least 4 members (excludes halogenated alkanes) is 1. The molecule has 1 aliphatic rings. The number of piperidine rings is 1. The first-order valence-corrected chi connectivity index (χ1v) is 8.54. The highest BCUT2D eigenvalue weighted by atomic mass is 16.5. The van der Waals surface area contributed by atoms with Crippen LogP contribution in [0.4, 0.5) is 0 Å². The Morgan fingerprint density at radius 1 is 1.27 bits per heavy atom. The molecular weight excluding hydrogens is 276 g/mol. The molecule has 2 aromatic rings. The molecular formula is C18H26N2O2. The first-order chi connectivity index (χ1) is 10.9. The van der Waals surface area contributed by atoms with E-state index in [9.17, 15) is 0 Å². The second kappa shape index (κ2) is 7.75. The number of nitrogens with zero attached hydrogens (tertiary/aromatic N) is 2. The molecule has 0 atom stereocenters. The molecule has 120 valence electrons. The Balaban J connectivity index is 1.43. The molecule has 0 aliphatic carbocycles. The first kappa shape index (κ1) is 15.5. The number of hydrogen-bond acceptors (Lipinski definition) is 4. The monoisotopic (exact) mass is 302 g/mol. The number of aromatic nitrogens is 1. The van der Waals surface area contributed by atoms with Crippen LogP contribution in [0.2, 0.25) is 0 Å². The minimum atomic E-state index is 0.468. The lowest BCUT2D eigenvalue weighted by atomic mass is 10.1. The van der Waals surface area contributed by atoms with Gasteiger partial charge in [-0.25, -0.2) is 0 Å². The van der Waals surface area contributed by atoms with E-state index >= 15 is 0 Å². The third-order valence-electron chi connectivity index (χ3n) is 4.50. The number of likely N-dealkylation sites (tertiary alicyclic amines) is 1. The largest absolute Gasteiger partial charge is 0.378 e. The Hall–Kier alpha value is -1.39. The summed E-state index contributed by atoms with van der Waals surface area (Å²) in [5.74, 6) is 0. The number of hydrogen-bond donors (Lipinski definition) is 0. The van der Waals surface area contributed by atoms with Crippen LogP contribution in [0.5, 0.6) is 0 Å². The molecule has 22 heavy (non-hydrogen) atoms. The Morgan fingerprint density at radius 2 is 2.09 bits per heavy atom. The SMILES string of the molecule is CCCCOC1CCN(CCc2noc3ccccc23)CC1. The van der Waals surface area contributed by atoms with Crippen LogP contribution in [0.25, 0.3) is 11.0 Å². The molecule has 2 heterocycles. The predicted octanol–water partition coefficient (Wildman–Crippen LogP) is 3.65. The van der Waals surface area contributed by atoms with E-state index in [0.29, 0.717) is 6.10 Å². The highest BCUT2D eigenvalue weighted by molar-refractivity contribution is 5.79. The number of para-hydroxylation sites is 1. The van der Waals surface area contributed by atoms with Gasteiger partial charge in [0, 0.05) is 38.0 Å². The molecule has 0 unspecified atom stereocenters. The number of benzene rings is 1. The van der Waals surface area contributed by atoms with Crippen LogP contribution in [-0.4, -0.2) is 42.4 Å². The fourth-order valence-electron chi connectivity index (χ4n) is 3.08. The maximum Gasteiger partial charge on any atom is 0.167 e. The van der Waals surface area contributed by atoms with Gasteiger partial charge in [0.25, 0.3) is 0 Å². The van der Waals surface area contributed by atoms with Gasteiger partial charge in [-0.05, 0) is 31.4 Å². The van der Waals surface area contributed by atoms with Crippen molar-refractivity contribution in [3.63, 3.8) is 0 Å². The summed E-state index contributed by atoms with van der Waals surface area (Å²) >= 11 is 0. The van der Waals surface area contributed by atoms with Crippen LogP contribution in [0, 0.1) is 0 Å². The molecule has 1 aromatic heterocycles. The van der Waals surface area contributed by atoms with E-state index < -0.39 is 0 Å². The Kier molecular flexibility index (Phi) is 5.46. The normalized spacial score (nSPS) is 17.3. The maximum absolute atomic E-state index is 5.93. The minimum Gasteiger partial charge on any atom is -0.378 e. The van der Waals surface area contributed by atoms with Crippen LogP contribution in [-0.2, 0) is 11.2 Å². The van der Waals surface area contributed by atoms with Crippen LogP contribution in [0.1, 0.15) is 38.3 Å². The van der Waals surface area contributed by atoms with Crippen molar-refractivity contribution in [3.8, 4) is 0 Å². The van der Waals surface area contributed by atoms with Gasteiger partial charge in [0.15, 0.2) is 5.58 Å². The van der Waals surface area contributed by atoms with E-state index in [2.05, 4.69) is 23.0 Å². The van der Waals surface area contributed by atoms with Crippen molar-refractivity contribution >= 4 is 11.0 Å². The summed E-state index contributed by atoms with van der Waals surface area (Å²) in [5.41, 5.74) is 1.97. The molecule has 0 N–H and O–H groups in total. The van der Waals surface area contributed by atoms with Crippen molar-refractivity contribution in [3.05, 3.63) is 30.0 Å². The zero-order chi connectivity index (χ0) is 15.2. The number of ether oxygens (including phenoxy) is 1. The summed E-state index contributed by atoms with van der Waals surface area (Å²) in [5, 5.41) is 5.37. The van der Waals surface area contributed by atoms with E-state index in [-0.39, 0.29) is 0 Å². The fourth-order valence-corrected chi connectivity index (χ4v) is 3.08. The lowest BCUT2D eigenvalue weighted by Crippen LogP contribution is -2.38. The standard InChI is InChI=1S/C18H26N2O2/c1-2-3-14-21-15-8-11-20(12-9-15)13-10-17-16-6-4-5-7-18(16)22-19-17/h4-7,15H,2-3,8-14H2,1H3. The lowest BCUT2D eigenvalue weighted by Gasteiger charge is -2.31. The smallest absolute Gasteiger partial charge is 0.167 e. The Bertz CT molecular complexity index is 573. The molecule has 0 bridgehead atoms. The predicted molar refractivity (Wildman–Crippen MR) is 88.0 cm³/mol. The molecule has 1 saturated heterocycles. The van der Waals surface area contributed by atoms with Crippen molar-refractivity contribution in [2.75, 3.05) is 26.2 Å². The number of fused-ring (bicyclic) bond motifs is 1. The topological polar surface area (TPSA) is 38.5 Å². The molecule has 4 heteroatoms. The van der Waals surface area contributed by atoms with Gasteiger partial charge in [-0.2, -0.15) is 0 Å². The molecule has 0 amide bonds. The van der Waals surface area contributed by atoms with Gasteiger partial charge in [-0.15, -0.1) is 0 Å². The van der Waals surface area contributed by atoms with E-state index in [4.69, 9.17) is 9.26 Å². The van der Waals surface area contributed by atoms with Crippen molar-refractivity contribution in [1.82, 2.24) is 10.1 Å². The number of rotatable bonds is 7. The average molecular weight is 302 g/mol. The Labute approximate surface area is 132 Å². The van der Waals surface area contributed by atoms with E-state index in [1.807, 2.05) is 18.2 Å². The van der Waals surface area contributed by atoms with Gasteiger partial charge in [0.1, 0.15) is 0 Å². The first-order valence-electron chi connectivity index (χ1n) is 8.54. The van der Waals surface area contributed by atoms with Crippen LogP contribution in [0.15, 0.2) is 28.8 Å². The summed E-state index contributed by atoms with van der Waals surface area (Å²) in [4.78, 5) is 2.52. The Morgan fingerprint density at radius 3 is 2.91 bits per heavy atom. The molecule has 1 aliphatic heterocycles. The van der Waals surface area contributed by atoms with Gasteiger partial charge >= 0.3 is 0 Å². The third-order valence-corrected chi connectivity index (χ3v) is 4.50. The fraction of sp³-hybridized carbons (Fsp3) is 0.611.